The standard InChI is InChI=1S/C29H49N5O7/c1-19(2)27(34-26(36)18-40-17-25(35)31-13-15-39-14-12-30-20(3)4)29(38)32-22(7)28(37)33-24-10-8-23(9-11-24)16-41-21(5)6/h8-11,19-22,27,30H,12-18H2,1-7H3,(H,31,35)(H,32,38)(H,33,37)(H,34,36)/t22-,27-/m0/s1. The summed E-state index contributed by atoms with van der Waals surface area (Å²) >= 11 is 0. The third-order valence-electron chi connectivity index (χ3n) is 5.66. The van der Waals surface area contributed by atoms with Crippen LogP contribution < -0.4 is 26.6 Å². The second kappa shape index (κ2) is 19.9. The molecule has 0 aliphatic heterocycles. The Kier molecular flexibility index (Phi) is 17.5. The lowest BCUT2D eigenvalue weighted by atomic mass is 10.0. The van der Waals surface area contributed by atoms with Gasteiger partial charge in [0.2, 0.25) is 23.6 Å². The number of carbonyl (C=O) groups is 4. The minimum Gasteiger partial charge on any atom is -0.378 e. The van der Waals surface area contributed by atoms with Crippen LogP contribution in [0.25, 0.3) is 0 Å². The lowest BCUT2D eigenvalue weighted by molar-refractivity contribution is -0.135. The number of nitrogens with one attached hydrogen (secondary N) is 5. The number of ether oxygens (including phenoxy) is 3. The molecule has 2 atom stereocenters. The van der Waals surface area contributed by atoms with Crippen molar-refractivity contribution >= 4 is 29.3 Å². The van der Waals surface area contributed by atoms with Crippen LogP contribution >= 0.6 is 0 Å². The van der Waals surface area contributed by atoms with E-state index in [2.05, 4.69) is 26.6 Å². The first-order chi connectivity index (χ1) is 19.4. The van der Waals surface area contributed by atoms with Gasteiger partial charge in [0.1, 0.15) is 25.3 Å². The lowest BCUT2D eigenvalue weighted by Gasteiger charge is -2.23. The summed E-state index contributed by atoms with van der Waals surface area (Å²) in [6.07, 6.45) is 0.121. The zero-order chi connectivity index (χ0) is 30.8. The predicted molar refractivity (Wildman–Crippen MR) is 157 cm³/mol. The molecule has 0 saturated carbocycles. The van der Waals surface area contributed by atoms with Crippen LogP contribution in [0.4, 0.5) is 5.69 Å². The maximum Gasteiger partial charge on any atom is 0.246 e. The molecule has 41 heavy (non-hydrogen) atoms. The number of benzene rings is 1. The summed E-state index contributed by atoms with van der Waals surface area (Å²) < 4.78 is 16.2. The Morgan fingerprint density at radius 1 is 0.756 bits per heavy atom. The molecule has 0 radical (unpaired) electrons. The minimum absolute atomic E-state index is 0.121. The van der Waals surface area contributed by atoms with Gasteiger partial charge in [-0.3, -0.25) is 19.2 Å². The predicted octanol–water partition coefficient (Wildman–Crippen LogP) is 1.34. The number of rotatable bonds is 20. The number of hydrogen-bond acceptors (Lipinski definition) is 8. The highest BCUT2D eigenvalue weighted by atomic mass is 16.5. The van der Waals surface area contributed by atoms with Crippen molar-refractivity contribution in [2.24, 2.45) is 5.92 Å². The molecule has 0 aliphatic rings. The average Bonchev–Trinajstić information content (AvgIpc) is 2.90. The van der Waals surface area contributed by atoms with Gasteiger partial charge in [-0.25, -0.2) is 0 Å². The summed E-state index contributed by atoms with van der Waals surface area (Å²) in [4.78, 5) is 49.7. The molecule has 5 N–H and O–H groups in total. The Balaban J connectivity index is 2.38. The van der Waals surface area contributed by atoms with Crippen LogP contribution in [-0.2, 0) is 40.0 Å². The van der Waals surface area contributed by atoms with Gasteiger partial charge in [0.25, 0.3) is 0 Å². The average molecular weight is 580 g/mol. The van der Waals surface area contributed by atoms with Crippen LogP contribution in [0.3, 0.4) is 0 Å². The Hall–Kier alpha value is -3.06. The first-order valence-electron chi connectivity index (χ1n) is 14.2. The summed E-state index contributed by atoms with van der Waals surface area (Å²) in [5, 5.41) is 13.9. The molecule has 12 heteroatoms. The summed E-state index contributed by atoms with van der Waals surface area (Å²) in [7, 11) is 0. The molecule has 232 valence electrons. The zero-order valence-electron chi connectivity index (χ0n) is 25.5. The van der Waals surface area contributed by atoms with E-state index < -0.39 is 36.4 Å². The molecule has 12 nitrogen and oxygen atoms in total. The SMILES string of the molecule is CC(C)NCCOCCNC(=O)COCC(=O)N[C@H](C(=O)N[C@@H](C)C(=O)Nc1ccc(COC(C)C)cc1)C(C)C. The quantitative estimate of drug-likeness (QED) is 0.145. The maximum atomic E-state index is 12.8. The summed E-state index contributed by atoms with van der Waals surface area (Å²) in [6.45, 7) is 14.9. The molecule has 0 saturated heterocycles. The van der Waals surface area contributed by atoms with E-state index in [1.165, 1.54) is 0 Å². The highest BCUT2D eigenvalue weighted by molar-refractivity contribution is 5.98. The van der Waals surface area contributed by atoms with E-state index >= 15 is 0 Å². The first kappa shape index (κ1) is 36.0. The summed E-state index contributed by atoms with van der Waals surface area (Å²) in [5.41, 5.74) is 1.57. The van der Waals surface area contributed by atoms with Gasteiger partial charge in [-0.05, 0) is 44.4 Å². The summed E-state index contributed by atoms with van der Waals surface area (Å²) in [6, 6.07) is 5.90. The summed E-state index contributed by atoms with van der Waals surface area (Å²) in [5.74, 6) is -2.08. The normalized spacial score (nSPS) is 12.7. The number of carbonyl (C=O) groups excluding carboxylic acids is 4. The fourth-order valence-electron chi connectivity index (χ4n) is 3.39. The van der Waals surface area contributed by atoms with Gasteiger partial charge in [-0.15, -0.1) is 0 Å². The molecule has 0 bridgehead atoms. The van der Waals surface area contributed by atoms with Crippen molar-refractivity contribution in [1.82, 2.24) is 21.3 Å². The smallest absolute Gasteiger partial charge is 0.246 e. The van der Waals surface area contributed by atoms with E-state index in [1.54, 1.807) is 32.9 Å². The Morgan fingerprint density at radius 2 is 1.39 bits per heavy atom. The molecular weight excluding hydrogens is 530 g/mol. The Morgan fingerprint density at radius 3 is 2.00 bits per heavy atom. The first-order valence-corrected chi connectivity index (χ1v) is 14.2. The van der Waals surface area contributed by atoms with Gasteiger partial charge in [0, 0.05) is 24.8 Å². The van der Waals surface area contributed by atoms with Gasteiger partial charge in [0.05, 0.1) is 25.9 Å². The Labute approximate surface area is 244 Å². The second-order valence-electron chi connectivity index (χ2n) is 10.6. The fourth-order valence-corrected chi connectivity index (χ4v) is 3.39. The van der Waals surface area contributed by atoms with Gasteiger partial charge >= 0.3 is 0 Å². The minimum atomic E-state index is -0.891. The maximum absolute atomic E-state index is 12.8. The van der Waals surface area contributed by atoms with Gasteiger partial charge in [-0.1, -0.05) is 39.8 Å². The van der Waals surface area contributed by atoms with Crippen LogP contribution in [0.15, 0.2) is 24.3 Å². The van der Waals surface area contributed by atoms with Gasteiger partial charge < -0.3 is 40.8 Å². The van der Waals surface area contributed by atoms with E-state index in [0.717, 1.165) is 12.1 Å². The number of anilines is 1. The Bertz CT molecular complexity index is 938. The van der Waals surface area contributed by atoms with Crippen molar-refractivity contribution < 1.29 is 33.4 Å². The van der Waals surface area contributed by atoms with Crippen molar-refractivity contribution in [3.63, 3.8) is 0 Å². The molecular formula is C29H49N5O7. The van der Waals surface area contributed by atoms with E-state index in [9.17, 15) is 19.2 Å². The fraction of sp³-hybridized carbons (Fsp3) is 0.655. The van der Waals surface area contributed by atoms with Crippen molar-refractivity contribution in [1.29, 1.82) is 0 Å². The highest BCUT2D eigenvalue weighted by Crippen LogP contribution is 2.12. The molecule has 0 aromatic heterocycles. The van der Waals surface area contributed by atoms with Crippen molar-refractivity contribution in [3.8, 4) is 0 Å². The van der Waals surface area contributed by atoms with Gasteiger partial charge in [-0.2, -0.15) is 0 Å². The van der Waals surface area contributed by atoms with Crippen molar-refractivity contribution in [2.75, 3.05) is 44.8 Å². The van der Waals surface area contributed by atoms with E-state index in [1.807, 2.05) is 39.8 Å². The van der Waals surface area contributed by atoms with Gasteiger partial charge in [0.15, 0.2) is 0 Å². The molecule has 1 aromatic rings. The van der Waals surface area contributed by atoms with Crippen molar-refractivity contribution in [2.45, 2.75) is 79.3 Å². The molecule has 0 fully saturated rings. The number of amides is 4. The third kappa shape index (κ3) is 16.7. The molecule has 0 heterocycles. The van der Waals surface area contributed by atoms with E-state index in [4.69, 9.17) is 14.2 Å². The monoisotopic (exact) mass is 579 g/mol. The van der Waals surface area contributed by atoms with E-state index in [-0.39, 0.29) is 24.5 Å². The van der Waals surface area contributed by atoms with Crippen LogP contribution in [0.1, 0.15) is 54.0 Å². The molecule has 1 rings (SSSR count). The van der Waals surface area contributed by atoms with Crippen LogP contribution in [0, 0.1) is 5.92 Å². The topological polar surface area (TPSA) is 156 Å². The number of hydrogen-bond donors (Lipinski definition) is 5. The zero-order valence-corrected chi connectivity index (χ0v) is 25.5. The second-order valence-corrected chi connectivity index (χ2v) is 10.6. The third-order valence-corrected chi connectivity index (χ3v) is 5.66. The molecule has 4 amide bonds. The molecule has 0 unspecified atom stereocenters. The highest BCUT2D eigenvalue weighted by Gasteiger charge is 2.27. The molecule has 1 aromatic carbocycles. The van der Waals surface area contributed by atoms with Crippen LogP contribution in [0.5, 0.6) is 0 Å². The largest absolute Gasteiger partial charge is 0.378 e. The lowest BCUT2D eigenvalue weighted by Crippen LogP contribution is -2.54. The van der Waals surface area contributed by atoms with Crippen LogP contribution in [0.2, 0.25) is 0 Å². The molecule has 0 aliphatic carbocycles. The van der Waals surface area contributed by atoms with Crippen LogP contribution in [-0.4, -0.2) is 87.4 Å². The van der Waals surface area contributed by atoms with E-state index in [0.29, 0.717) is 38.1 Å². The van der Waals surface area contributed by atoms with Crippen molar-refractivity contribution in [3.05, 3.63) is 29.8 Å². The molecule has 0 spiro atoms.